The molecule has 0 atom stereocenters. The summed E-state index contributed by atoms with van der Waals surface area (Å²) in [5, 5.41) is 0. The first kappa shape index (κ1) is 16.3. The van der Waals surface area contributed by atoms with E-state index >= 15 is 0 Å². The molecule has 0 amide bonds. The lowest BCUT2D eigenvalue weighted by atomic mass is 10.1. The molecule has 0 radical (unpaired) electrons. The van der Waals surface area contributed by atoms with Crippen molar-refractivity contribution in [2.24, 2.45) is 10.7 Å². The van der Waals surface area contributed by atoms with Crippen molar-refractivity contribution in [1.29, 1.82) is 0 Å². The summed E-state index contributed by atoms with van der Waals surface area (Å²) < 4.78 is 6.90. The van der Waals surface area contributed by atoms with Crippen LogP contribution in [0.2, 0.25) is 0 Å². The van der Waals surface area contributed by atoms with Gasteiger partial charge in [0.2, 0.25) is 0 Å². The van der Waals surface area contributed by atoms with Crippen molar-refractivity contribution in [2.75, 3.05) is 0 Å². The van der Waals surface area contributed by atoms with Crippen LogP contribution in [0.25, 0.3) is 0 Å². The molecule has 3 aromatic carbocycles. The van der Waals surface area contributed by atoms with E-state index in [1.807, 2.05) is 78.9 Å². The molecule has 3 nitrogen and oxygen atoms in total. The van der Waals surface area contributed by atoms with Crippen LogP contribution in [-0.4, -0.2) is 5.84 Å². The Morgan fingerprint density at radius 1 is 0.917 bits per heavy atom. The normalized spacial score (nSPS) is 11.3. The van der Waals surface area contributed by atoms with Gasteiger partial charge in [0.1, 0.15) is 18.2 Å². The Morgan fingerprint density at radius 3 is 2.29 bits per heavy atom. The highest BCUT2D eigenvalue weighted by molar-refractivity contribution is 9.10. The largest absolute Gasteiger partial charge is 0.488 e. The molecule has 0 spiro atoms. The maximum Gasteiger partial charge on any atom is 0.135 e. The second kappa shape index (κ2) is 7.79. The average molecular weight is 381 g/mol. The number of rotatable bonds is 5. The van der Waals surface area contributed by atoms with Gasteiger partial charge in [-0.15, -0.1) is 0 Å². The SMILES string of the molecule is NC(=Nc1ccccc1)c1ccc(Br)cc1OCc1ccccc1. The number of nitrogens with zero attached hydrogens (tertiary/aromatic N) is 1. The maximum absolute atomic E-state index is 6.20. The minimum Gasteiger partial charge on any atom is -0.488 e. The van der Waals surface area contributed by atoms with E-state index in [9.17, 15) is 0 Å². The Bertz CT molecular complexity index is 833. The highest BCUT2D eigenvalue weighted by Gasteiger charge is 2.09. The van der Waals surface area contributed by atoms with E-state index in [1.54, 1.807) is 0 Å². The van der Waals surface area contributed by atoms with E-state index in [2.05, 4.69) is 20.9 Å². The van der Waals surface area contributed by atoms with E-state index < -0.39 is 0 Å². The number of ether oxygens (including phenoxy) is 1. The summed E-state index contributed by atoms with van der Waals surface area (Å²) in [4.78, 5) is 4.47. The van der Waals surface area contributed by atoms with Crippen LogP contribution in [0.1, 0.15) is 11.1 Å². The fourth-order valence-corrected chi connectivity index (χ4v) is 2.60. The minimum atomic E-state index is 0.428. The van der Waals surface area contributed by atoms with Crippen molar-refractivity contribution >= 4 is 27.5 Å². The summed E-state index contributed by atoms with van der Waals surface area (Å²) >= 11 is 3.48. The van der Waals surface area contributed by atoms with Gasteiger partial charge in [0.05, 0.1) is 11.3 Å². The number of aliphatic imine (C=N–C) groups is 1. The molecule has 3 rings (SSSR count). The van der Waals surface area contributed by atoms with Gasteiger partial charge in [-0.1, -0.05) is 64.5 Å². The predicted molar refractivity (Wildman–Crippen MR) is 102 cm³/mol. The highest BCUT2D eigenvalue weighted by Crippen LogP contribution is 2.25. The van der Waals surface area contributed by atoms with E-state index in [-0.39, 0.29) is 0 Å². The molecule has 0 aliphatic heterocycles. The number of amidine groups is 1. The van der Waals surface area contributed by atoms with E-state index in [0.29, 0.717) is 18.2 Å². The van der Waals surface area contributed by atoms with Crippen LogP contribution in [0.5, 0.6) is 5.75 Å². The molecule has 0 unspecified atom stereocenters. The highest BCUT2D eigenvalue weighted by atomic mass is 79.9. The summed E-state index contributed by atoms with van der Waals surface area (Å²) in [7, 11) is 0. The van der Waals surface area contributed by atoms with Crippen LogP contribution in [0.15, 0.2) is 88.3 Å². The molecule has 24 heavy (non-hydrogen) atoms. The van der Waals surface area contributed by atoms with Crippen molar-refractivity contribution in [3.8, 4) is 5.75 Å². The molecule has 0 heterocycles. The molecule has 3 aromatic rings. The number of hydrogen-bond donors (Lipinski definition) is 1. The monoisotopic (exact) mass is 380 g/mol. The Balaban J connectivity index is 1.86. The molecule has 0 aromatic heterocycles. The minimum absolute atomic E-state index is 0.428. The quantitative estimate of drug-likeness (QED) is 0.496. The molecule has 0 saturated carbocycles. The first-order chi connectivity index (χ1) is 11.7. The van der Waals surface area contributed by atoms with Crippen molar-refractivity contribution in [1.82, 2.24) is 0 Å². The molecular formula is C20H17BrN2O. The van der Waals surface area contributed by atoms with Crippen LogP contribution < -0.4 is 10.5 Å². The van der Waals surface area contributed by atoms with E-state index in [4.69, 9.17) is 10.5 Å². The van der Waals surface area contributed by atoms with Crippen LogP contribution in [-0.2, 0) is 6.61 Å². The molecular weight excluding hydrogens is 364 g/mol. The zero-order valence-corrected chi connectivity index (χ0v) is 14.6. The molecule has 2 N–H and O–H groups in total. The summed E-state index contributed by atoms with van der Waals surface area (Å²) in [6.07, 6.45) is 0. The third-order valence-electron chi connectivity index (χ3n) is 3.46. The van der Waals surface area contributed by atoms with Gasteiger partial charge in [-0.25, -0.2) is 4.99 Å². The van der Waals surface area contributed by atoms with Crippen LogP contribution >= 0.6 is 15.9 Å². The maximum atomic E-state index is 6.20. The average Bonchev–Trinajstić information content (AvgIpc) is 2.61. The van der Waals surface area contributed by atoms with Gasteiger partial charge in [0, 0.05) is 4.47 Å². The second-order valence-corrected chi connectivity index (χ2v) is 6.16. The summed E-state index contributed by atoms with van der Waals surface area (Å²) in [5.41, 5.74) is 8.89. The van der Waals surface area contributed by atoms with Crippen molar-refractivity contribution in [3.63, 3.8) is 0 Å². The molecule has 0 aliphatic carbocycles. The number of benzene rings is 3. The molecule has 4 heteroatoms. The smallest absolute Gasteiger partial charge is 0.135 e. The van der Waals surface area contributed by atoms with Gasteiger partial charge in [-0.2, -0.15) is 0 Å². The van der Waals surface area contributed by atoms with Crippen LogP contribution in [0, 0.1) is 0 Å². The second-order valence-electron chi connectivity index (χ2n) is 5.25. The number of para-hydroxylation sites is 1. The Hall–Kier alpha value is -2.59. The Labute approximate surface area is 149 Å². The topological polar surface area (TPSA) is 47.6 Å². The lowest BCUT2D eigenvalue weighted by Crippen LogP contribution is -2.14. The molecule has 120 valence electrons. The van der Waals surface area contributed by atoms with E-state index in [1.165, 1.54) is 0 Å². The summed E-state index contributed by atoms with van der Waals surface area (Å²) in [5.74, 6) is 1.13. The first-order valence-electron chi connectivity index (χ1n) is 7.58. The van der Waals surface area contributed by atoms with Gasteiger partial charge in [-0.3, -0.25) is 0 Å². The van der Waals surface area contributed by atoms with Crippen molar-refractivity contribution in [3.05, 3.63) is 94.5 Å². The third kappa shape index (κ3) is 4.24. The molecule has 0 bridgehead atoms. The zero-order valence-electron chi connectivity index (χ0n) is 13.0. The number of hydrogen-bond acceptors (Lipinski definition) is 2. The Morgan fingerprint density at radius 2 is 1.58 bits per heavy atom. The van der Waals surface area contributed by atoms with Crippen molar-refractivity contribution in [2.45, 2.75) is 6.61 Å². The number of nitrogens with two attached hydrogens (primary N) is 1. The standard InChI is InChI=1S/C20H17BrN2O/c21-16-11-12-18(20(22)23-17-9-5-2-6-10-17)19(13-16)24-14-15-7-3-1-4-8-15/h1-13H,14H2,(H2,22,23). The predicted octanol–water partition coefficient (Wildman–Crippen LogP) is 5.07. The molecule has 0 aliphatic rings. The van der Waals surface area contributed by atoms with Crippen molar-refractivity contribution < 1.29 is 4.74 Å². The van der Waals surface area contributed by atoms with Gasteiger partial charge in [0.25, 0.3) is 0 Å². The molecule has 0 saturated heterocycles. The van der Waals surface area contributed by atoms with Crippen LogP contribution in [0.3, 0.4) is 0 Å². The van der Waals surface area contributed by atoms with Crippen LogP contribution in [0.4, 0.5) is 5.69 Å². The summed E-state index contributed by atoms with van der Waals surface area (Å²) in [6, 6.07) is 25.4. The zero-order chi connectivity index (χ0) is 16.8. The fraction of sp³-hybridized carbons (Fsp3) is 0.0500. The molecule has 0 fully saturated rings. The lowest BCUT2D eigenvalue weighted by Gasteiger charge is -2.12. The van der Waals surface area contributed by atoms with Gasteiger partial charge in [0.15, 0.2) is 0 Å². The Kier molecular flexibility index (Phi) is 5.29. The first-order valence-corrected chi connectivity index (χ1v) is 8.37. The van der Waals surface area contributed by atoms with Gasteiger partial charge < -0.3 is 10.5 Å². The third-order valence-corrected chi connectivity index (χ3v) is 3.96. The summed E-state index contributed by atoms with van der Waals surface area (Å²) in [6.45, 7) is 0.475. The fourth-order valence-electron chi connectivity index (χ4n) is 2.26. The lowest BCUT2D eigenvalue weighted by molar-refractivity contribution is 0.305. The van der Waals surface area contributed by atoms with Gasteiger partial charge in [-0.05, 0) is 35.9 Å². The number of halogens is 1. The van der Waals surface area contributed by atoms with Gasteiger partial charge >= 0.3 is 0 Å². The van der Waals surface area contributed by atoms with E-state index in [0.717, 1.165) is 21.3 Å².